The van der Waals surface area contributed by atoms with Crippen molar-refractivity contribution in [3.05, 3.63) is 95.9 Å². The Morgan fingerprint density at radius 1 is 0.889 bits per heavy atom. The standard InChI is InChI=1S/C26H22F5N3O2/c1-24(32,15-35)23-33-14-21(34-23)18-9-12-22(20(13-18)25(27,28)29)36-26(30,31)19-10-7-17(8-11-19)16-5-3-2-4-6-16/h2-14,35H,15,32H2,1H3,(H,33,34)/t24-/m0/s1. The SMILES string of the molecule is C[C@](N)(CO)c1ncc(-c2ccc(OC(F)(F)c3ccc(-c4ccccc4)cc3)c(C(F)(F)F)c2)[nH]1. The molecule has 10 heteroatoms. The van der Waals surface area contributed by atoms with Gasteiger partial charge in [0.1, 0.15) is 11.6 Å². The summed E-state index contributed by atoms with van der Waals surface area (Å²) in [6, 6.07) is 16.9. The molecule has 3 aromatic carbocycles. The average molecular weight is 503 g/mol. The molecule has 0 aliphatic carbocycles. The molecular formula is C26H22F5N3O2. The number of aromatic nitrogens is 2. The van der Waals surface area contributed by atoms with E-state index in [0.717, 1.165) is 23.8 Å². The van der Waals surface area contributed by atoms with Gasteiger partial charge in [0.05, 0.1) is 35.2 Å². The zero-order chi connectivity index (χ0) is 26.1. The molecule has 0 radical (unpaired) electrons. The number of H-pyrrole nitrogens is 1. The summed E-state index contributed by atoms with van der Waals surface area (Å²) in [6.07, 6.45) is -7.76. The molecule has 4 N–H and O–H groups in total. The van der Waals surface area contributed by atoms with Gasteiger partial charge in [-0.2, -0.15) is 22.0 Å². The molecule has 0 aliphatic heterocycles. The van der Waals surface area contributed by atoms with Gasteiger partial charge in [-0.3, -0.25) is 0 Å². The maximum atomic E-state index is 14.9. The molecule has 0 saturated carbocycles. The van der Waals surface area contributed by atoms with Crippen molar-refractivity contribution in [2.75, 3.05) is 6.61 Å². The van der Waals surface area contributed by atoms with E-state index in [1.807, 2.05) is 6.07 Å². The van der Waals surface area contributed by atoms with Crippen molar-refractivity contribution in [3.63, 3.8) is 0 Å². The van der Waals surface area contributed by atoms with Crippen LogP contribution in [0.5, 0.6) is 5.75 Å². The van der Waals surface area contributed by atoms with Crippen molar-refractivity contribution < 1.29 is 31.8 Å². The van der Waals surface area contributed by atoms with Crippen LogP contribution in [0, 0.1) is 0 Å². The van der Waals surface area contributed by atoms with Gasteiger partial charge < -0.3 is 20.6 Å². The molecule has 188 valence electrons. The Labute approximate surface area is 203 Å². The fraction of sp³-hybridized carbons (Fsp3) is 0.192. The highest BCUT2D eigenvalue weighted by Crippen LogP contribution is 2.42. The van der Waals surface area contributed by atoms with E-state index in [1.54, 1.807) is 24.3 Å². The third-order valence-corrected chi connectivity index (χ3v) is 5.61. The van der Waals surface area contributed by atoms with Crippen LogP contribution in [0.25, 0.3) is 22.4 Å². The summed E-state index contributed by atoms with van der Waals surface area (Å²) in [7, 11) is 0. The Morgan fingerprint density at radius 3 is 2.11 bits per heavy atom. The van der Waals surface area contributed by atoms with Crippen LogP contribution >= 0.6 is 0 Å². The van der Waals surface area contributed by atoms with Gasteiger partial charge in [-0.1, -0.05) is 42.5 Å². The lowest BCUT2D eigenvalue weighted by Crippen LogP contribution is -2.38. The second kappa shape index (κ2) is 9.36. The number of aliphatic hydroxyl groups excluding tert-OH is 1. The van der Waals surface area contributed by atoms with Crippen LogP contribution in [0.1, 0.15) is 23.9 Å². The number of alkyl halides is 5. The van der Waals surface area contributed by atoms with Gasteiger partial charge >= 0.3 is 12.3 Å². The molecule has 36 heavy (non-hydrogen) atoms. The van der Waals surface area contributed by atoms with Crippen LogP contribution in [0.15, 0.2) is 79.0 Å². The van der Waals surface area contributed by atoms with E-state index in [2.05, 4.69) is 14.7 Å². The molecule has 5 nitrogen and oxygen atoms in total. The highest BCUT2D eigenvalue weighted by molar-refractivity contribution is 5.64. The van der Waals surface area contributed by atoms with Gasteiger partial charge in [-0.25, -0.2) is 4.98 Å². The first-order chi connectivity index (χ1) is 16.9. The summed E-state index contributed by atoms with van der Waals surface area (Å²) in [5, 5.41) is 9.37. The molecule has 1 atom stereocenters. The predicted octanol–water partition coefficient (Wildman–Crippen LogP) is 6.06. The number of nitrogens with one attached hydrogen (secondary N) is 1. The quantitative estimate of drug-likeness (QED) is 0.268. The third-order valence-electron chi connectivity index (χ3n) is 5.61. The van der Waals surface area contributed by atoms with Crippen LogP contribution in [-0.4, -0.2) is 21.7 Å². The smallest absolute Gasteiger partial charge is 0.426 e. The van der Waals surface area contributed by atoms with Crippen molar-refractivity contribution in [1.82, 2.24) is 9.97 Å². The monoisotopic (exact) mass is 503 g/mol. The zero-order valence-electron chi connectivity index (χ0n) is 19.0. The second-order valence-electron chi connectivity index (χ2n) is 8.49. The summed E-state index contributed by atoms with van der Waals surface area (Å²) in [6.45, 7) is 1.03. The molecule has 4 rings (SSSR count). The number of nitrogens with two attached hydrogens (primary N) is 1. The van der Waals surface area contributed by atoms with Crippen molar-refractivity contribution in [2.24, 2.45) is 5.73 Å². The Morgan fingerprint density at radius 2 is 1.50 bits per heavy atom. The lowest BCUT2D eigenvalue weighted by molar-refractivity contribution is -0.191. The largest absolute Gasteiger partial charge is 0.428 e. The Balaban J connectivity index is 1.64. The lowest BCUT2D eigenvalue weighted by Gasteiger charge is -2.22. The molecule has 0 spiro atoms. The number of aromatic amines is 1. The summed E-state index contributed by atoms with van der Waals surface area (Å²) in [4.78, 5) is 6.76. The first kappa shape index (κ1) is 25.3. The molecule has 0 fully saturated rings. The van der Waals surface area contributed by atoms with Gasteiger partial charge in [0.2, 0.25) is 0 Å². The van der Waals surface area contributed by atoms with Crippen molar-refractivity contribution >= 4 is 0 Å². The number of hydrogen-bond donors (Lipinski definition) is 3. The van der Waals surface area contributed by atoms with Crippen LogP contribution < -0.4 is 10.5 Å². The van der Waals surface area contributed by atoms with E-state index in [0.29, 0.717) is 11.6 Å². The number of imidazole rings is 1. The number of aliphatic hydroxyl groups is 1. The van der Waals surface area contributed by atoms with E-state index in [9.17, 15) is 27.1 Å². The van der Waals surface area contributed by atoms with Gasteiger partial charge in [-0.05, 0) is 48.4 Å². The van der Waals surface area contributed by atoms with Gasteiger partial charge in [-0.15, -0.1) is 0 Å². The number of nitrogens with zero attached hydrogens (tertiary/aromatic N) is 1. The normalized spacial score (nSPS) is 13.9. The van der Waals surface area contributed by atoms with Crippen LogP contribution in [-0.2, 0) is 17.8 Å². The third kappa shape index (κ3) is 5.24. The van der Waals surface area contributed by atoms with Crippen LogP contribution in [0.3, 0.4) is 0 Å². The van der Waals surface area contributed by atoms with E-state index in [1.165, 1.54) is 31.3 Å². The number of hydrogen-bond acceptors (Lipinski definition) is 4. The Hall–Kier alpha value is -3.76. The number of benzene rings is 3. The van der Waals surface area contributed by atoms with Crippen LogP contribution in [0.2, 0.25) is 0 Å². The molecular weight excluding hydrogens is 481 g/mol. The zero-order valence-corrected chi connectivity index (χ0v) is 19.0. The van der Waals surface area contributed by atoms with Gasteiger partial charge in [0, 0.05) is 5.56 Å². The van der Waals surface area contributed by atoms with E-state index in [-0.39, 0.29) is 17.1 Å². The first-order valence-corrected chi connectivity index (χ1v) is 10.8. The van der Waals surface area contributed by atoms with Crippen molar-refractivity contribution in [1.29, 1.82) is 0 Å². The van der Waals surface area contributed by atoms with Crippen molar-refractivity contribution in [2.45, 2.75) is 24.7 Å². The first-order valence-electron chi connectivity index (χ1n) is 10.8. The maximum Gasteiger partial charge on any atom is 0.426 e. The van der Waals surface area contributed by atoms with Crippen LogP contribution in [0.4, 0.5) is 22.0 Å². The topological polar surface area (TPSA) is 84.2 Å². The summed E-state index contributed by atoms with van der Waals surface area (Å²) in [5.41, 5.74) is 4.34. The second-order valence-corrected chi connectivity index (χ2v) is 8.49. The Kier molecular flexibility index (Phi) is 6.59. The summed E-state index contributed by atoms with van der Waals surface area (Å²) >= 11 is 0. The van der Waals surface area contributed by atoms with E-state index in [4.69, 9.17) is 5.73 Å². The summed E-state index contributed by atoms with van der Waals surface area (Å²) in [5.74, 6) is -0.874. The minimum absolute atomic E-state index is 0.0256. The molecule has 0 unspecified atom stereocenters. The number of rotatable bonds is 7. The molecule has 4 aromatic rings. The molecule has 1 aromatic heterocycles. The highest BCUT2D eigenvalue weighted by atomic mass is 19.4. The predicted molar refractivity (Wildman–Crippen MR) is 124 cm³/mol. The highest BCUT2D eigenvalue weighted by Gasteiger charge is 2.40. The number of ether oxygens (including phenoxy) is 1. The Bertz CT molecular complexity index is 1330. The lowest BCUT2D eigenvalue weighted by atomic mass is 10.0. The molecule has 0 amide bonds. The average Bonchev–Trinajstić information content (AvgIpc) is 3.35. The van der Waals surface area contributed by atoms with Gasteiger partial charge in [0.15, 0.2) is 0 Å². The van der Waals surface area contributed by atoms with E-state index >= 15 is 0 Å². The molecule has 0 aliphatic rings. The molecule has 0 bridgehead atoms. The fourth-order valence-electron chi connectivity index (χ4n) is 3.53. The van der Waals surface area contributed by atoms with Crippen molar-refractivity contribution in [3.8, 4) is 28.1 Å². The maximum absolute atomic E-state index is 14.9. The molecule has 0 saturated heterocycles. The number of halogens is 5. The molecule has 1 heterocycles. The minimum atomic E-state index is -4.98. The summed E-state index contributed by atoms with van der Waals surface area (Å²) < 4.78 is 75.8. The van der Waals surface area contributed by atoms with Gasteiger partial charge in [0.25, 0.3) is 0 Å². The van der Waals surface area contributed by atoms with E-state index < -0.39 is 41.3 Å². The minimum Gasteiger partial charge on any atom is -0.428 e. The fourth-order valence-corrected chi connectivity index (χ4v) is 3.53.